The molecule has 1 amide bonds. The number of carbonyl (C=O) groups is 1. The Balaban J connectivity index is 1.92. The van der Waals surface area contributed by atoms with Gasteiger partial charge in [0.2, 0.25) is 5.91 Å². The van der Waals surface area contributed by atoms with Gasteiger partial charge in [0.05, 0.1) is 6.07 Å². The molecule has 100 valence electrons. The van der Waals surface area contributed by atoms with Crippen molar-refractivity contribution >= 4 is 5.91 Å². The van der Waals surface area contributed by atoms with Crippen LogP contribution in [-0.2, 0) is 9.53 Å². The Labute approximate surface area is 109 Å². The molecule has 18 heavy (non-hydrogen) atoms. The summed E-state index contributed by atoms with van der Waals surface area (Å²) < 4.78 is 5.33. The van der Waals surface area contributed by atoms with Crippen LogP contribution in [0.4, 0.5) is 0 Å². The zero-order chi connectivity index (χ0) is 13.0. The maximum absolute atomic E-state index is 12.3. The van der Waals surface area contributed by atoms with E-state index in [0.717, 1.165) is 51.7 Å². The summed E-state index contributed by atoms with van der Waals surface area (Å²) in [6.45, 7) is 3.62. The zero-order valence-electron chi connectivity index (χ0n) is 11.1. The number of nitrogens with one attached hydrogen (secondary N) is 1. The van der Waals surface area contributed by atoms with Crippen molar-refractivity contribution in [2.45, 2.75) is 51.5 Å². The molecule has 1 aliphatic carbocycles. The highest BCUT2D eigenvalue weighted by molar-refractivity contribution is 5.85. The summed E-state index contributed by atoms with van der Waals surface area (Å²) in [5, 5.41) is 12.3. The molecule has 1 N–H and O–H groups in total. The molecule has 1 atom stereocenters. The SMILES string of the molecule is CC(NC(=O)C1(C#N)CCCC1)C1CCOCC1. The predicted molar refractivity (Wildman–Crippen MR) is 67.7 cm³/mol. The number of carbonyl (C=O) groups excluding carboxylic acids is 1. The summed E-state index contributed by atoms with van der Waals surface area (Å²) in [4.78, 5) is 12.3. The Bertz CT molecular complexity index is 336. The fourth-order valence-corrected chi connectivity index (χ4v) is 3.05. The minimum Gasteiger partial charge on any atom is -0.381 e. The molecular formula is C14H22N2O2. The summed E-state index contributed by atoms with van der Waals surface area (Å²) in [6.07, 6.45) is 5.42. The standard InChI is InChI=1S/C14H22N2O2/c1-11(12-4-8-18-9-5-12)16-13(17)14(10-15)6-2-3-7-14/h11-12H,2-9H2,1H3,(H,16,17). The van der Waals surface area contributed by atoms with Gasteiger partial charge in [-0.3, -0.25) is 4.79 Å². The molecule has 0 aromatic rings. The van der Waals surface area contributed by atoms with Crippen LogP contribution in [-0.4, -0.2) is 25.2 Å². The highest BCUT2D eigenvalue weighted by Crippen LogP contribution is 2.38. The van der Waals surface area contributed by atoms with Gasteiger partial charge in [-0.1, -0.05) is 12.8 Å². The Morgan fingerprint density at radius 2 is 2.00 bits per heavy atom. The van der Waals surface area contributed by atoms with Crippen molar-refractivity contribution in [1.29, 1.82) is 5.26 Å². The highest BCUT2D eigenvalue weighted by Gasteiger charge is 2.42. The lowest BCUT2D eigenvalue weighted by Crippen LogP contribution is -2.46. The van der Waals surface area contributed by atoms with Crippen LogP contribution in [0.15, 0.2) is 0 Å². The molecule has 0 aromatic heterocycles. The molecule has 0 radical (unpaired) electrons. The minimum atomic E-state index is -0.751. The Morgan fingerprint density at radius 1 is 1.39 bits per heavy atom. The Kier molecular flexibility index (Phi) is 4.23. The maximum atomic E-state index is 12.3. The van der Waals surface area contributed by atoms with Crippen LogP contribution in [0.25, 0.3) is 0 Å². The van der Waals surface area contributed by atoms with E-state index < -0.39 is 5.41 Å². The number of amides is 1. The average Bonchev–Trinajstić information content (AvgIpc) is 2.89. The molecule has 2 fully saturated rings. The molecule has 1 unspecified atom stereocenters. The fourth-order valence-electron chi connectivity index (χ4n) is 3.05. The van der Waals surface area contributed by atoms with Crippen molar-refractivity contribution in [3.8, 4) is 6.07 Å². The quantitative estimate of drug-likeness (QED) is 0.833. The van der Waals surface area contributed by atoms with E-state index >= 15 is 0 Å². The molecule has 0 spiro atoms. The van der Waals surface area contributed by atoms with Gasteiger partial charge in [0, 0.05) is 19.3 Å². The third-order valence-corrected chi connectivity index (χ3v) is 4.44. The molecule has 1 heterocycles. The first-order chi connectivity index (χ1) is 8.68. The Hall–Kier alpha value is -1.08. The van der Waals surface area contributed by atoms with Gasteiger partial charge in [-0.05, 0) is 38.5 Å². The third kappa shape index (κ3) is 2.67. The second-order valence-corrected chi connectivity index (χ2v) is 5.61. The maximum Gasteiger partial charge on any atom is 0.240 e. The molecule has 4 nitrogen and oxygen atoms in total. The second-order valence-electron chi connectivity index (χ2n) is 5.61. The largest absolute Gasteiger partial charge is 0.381 e. The van der Waals surface area contributed by atoms with Gasteiger partial charge < -0.3 is 10.1 Å². The van der Waals surface area contributed by atoms with E-state index in [9.17, 15) is 10.1 Å². The van der Waals surface area contributed by atoms with Crippen molar-refractivity contribution in [1.82, 2.24) is 5.32 Å². The lowest BCUT2D eigenvalue weighted by Gasteiger charge is -2.30. The monoisotopic (exact) mass is 250 g/mol. The summed E-state index contributed by atoms with van der Waals surface area (Å²) >= 11 is 0. The fraction of sp³-hybridized carbons (Fsp3) is 0.857. The normalized spacial score (nSPS) is 25.3. The smallest absolute Gasteiger partial charge is 0.240 e. The van der Waals surface area contributed by atoms with E-state index in [2.05, 4.69) is 11.4 Å². The van der Waals surface area contributed by atoms with E-state index in [4.69, 9.17) is 4.74 Å². The van der Waals surface area contributed by atoms with Gasteiger partial charge in [-0.15, -0.1) is 0 Å². The lowest BCUT2D eigenvalue weighted by atomic mass is 9.85. The van der Waals surface area contributed by atoms with Gasteiger partial charge in [0.1, 0.15) is 5.41 Å². The molecule has 1 saturated carbocycles. The zero-order valence-corrected chi connectivity index (χ0v) is 11.1. The van der Waals surface area contributed by atoms with Crippen molar-refractivity contribution in [2.75, 3.05) is 13.2 Å². The summed E-state index contributed by atoms with van der Waals surface area (Å²) in [6, 6.07) is 2.39. The van der Waals surface area contributed by atoms with Crippen molar-refractivity contribution in [2.24, 2.45) is 11.3 Å². The molecule has 0 aromatic carbocycles. The number of nitrogens with zero attached hydrogens (tertiary/aromatic N) is 1. The number of rotatable bonds is 3. The molecular weight excluding hydrogens is 228 g/mol. The topological polar surface area (TPSA) is 62.1 Å². The second kappa shape index (κ2) is 5.71. The third-order valence-electron chi connectivity index (χ3n) is 4.44. The van der Waals surface area contributed by atoms with Crippen molar-refractivity contribution < 1.29 is 9.53 Å². The number of hydrogen-bond donors (Lipinski definition) is 1. The van der Waals surface area contributed by atoms with Crippen LogP contribution < -0.4 is 5.32 Å². The molecule has 4 heteroatoms. The van der Waals surface area contributed by atoms with Gasteiger partial charge in [0.25, 0.3) is 0 Å². The molecule has 1 saturated heterocycles. The summed E-state index contributed by atoms with van der Waals surface area (Å²) in [5.41, 5.74) is -0.751. The molecule has 2 aliphatic rings. The number of hydrogen-bond acceptors (Lipinski definition) is 3. The van der Waals surface area contributed by atoms with Crippen LogP contribution in [0.1, 0.15) is 45.4 Å². The van der Waals surface area contributed by atoms with E-state index in [1.807, 2.05) is 6.92 Å². The van der Waals surface area contributed by atoms with E-state index in [1.54, 1.807) is 0 Å². The Morgan fingerprint density at radius 3 is 2.56 bits per heavy atom. The van der Waals surface area contributed by atoms with Crippen LogP contribution in [0.2, 0.25) is 0 Å². The summed E-state index contributed by atoms with van der Waals surface area (Å²) in [5.74, 6) is 0.432. The molecule has 2 rings (SSSR count). The van der Waals surface area contributed by atoms with Gasteiger partial charge in [0.15, 0.2) is 0 Å². The average molecular weight is 250 g/mol. The molecule has 0 bridgehead atoms. The van der Waals surface area contributed by atoms with Gasteiger partial charge in [-0.2, -0.15) is 5.26 Å². The summed E-state index contributed by atoms with van der Waals surface area (Å²) in [7, 11) is 0. The highest BCUT2D eigenvalue weighted by atomic mass is 16.5. The first-order valence-electron chi connectivity index (χ1n) is 6.98. The van der Waals surface area contributed by atoms with Crippen LogP contribution in [0.5, 0.6) is 0 Å². The first-order valence-corrected chi connectivity index (χ1v) is 6.98. The van der Waals surface area contributed by atoms with E-state index in [0.29, 0.717) is 5.92 Å². The van der Waals surface area contributed by atoms with Crippen molar-refractivity contribution in [3.63, 3.8) is 0 Å². The van der Waals surface area contributed by atoms with Gasteiger partial charge in [-0.25, -0.2) is 0 Å². The van der Waals surface area contributed by atoms with Crippen LogP contribution >= 0.6 is 0 Å². The lowest BCUT2D eigenvalue weighted by molar-refractivity contribution is -0.129. The van der Waals surface area contributed by atoms with Crippen LogP contribution in [0, 0.1) is 22.7 Å². The first kappa shape index (κ1) is 13.4. The number of ether oxygens (including phenoxy) is 1. The van der Waals surface area contributed by atoms with Crippen LogP contribution in [0.3, 0.4) is 0 Å². The number of nitriles is 1. The predicted octanol–water partition coefficient (Wildman–Crippen LogP) is 2.00. The van der Waals surface area contributed by atoms with E-state index in [-0.39, 0.29) is 11.9 Å². The van der Waals surface area contributed by atoms with E-state index in [1.165, 1.54) is 0 Å². The minimum absolute atomic E-state index is 0.0542. The van der Waals surface area contributed by atoms with Gasteiger partial charge >= 0.3 is 0 Å². The van der Waals surface area contributed by atoms with Crippen molar-refractivity contribution in [3.05, 3.63) is 0 Å². The molecule has 1 aliphatic heterocycles.